The van der Waals surface area contributed by atoms with E-state index in [4.69, 9.17) is 4.74 Å². The van der Waals surface area contributed by atoms with Crippen molar-refractivity contribution in [2.24, 2.45) is 11.8 Å². The Bertz CT molecular complexity index is 1210. The molecule has 1 saturated carbocycles. The lowest BCUT2D eigenvalue weighted by Crippen LogP contribution is -2.37. The van der Waals surface area contributed by atoms with Crippen LogP contribution in [0.5, 0.6) is 0 Å². The Morgan fingerprint density at radius 2 is 1.49 bits per heavy atom. The summed E-state index contributed by atoms with van der Waals surface area (Å²) in [5, 5.41) is 12.0. The molecule has 0 aromatic heterocycles. The highest BCUT2D eigenvalue weighted by atomic mass is 16.5. The van der Waals surface area contributed by atoms with E-state index in [1.165, 1.54) is 16.0 Å². The van der Waals surface area contributed by atoms with Crippen LogP contribution in [0, 0.1) is 11.8 Å². The number of rotatable bonds is 8. The summed E-state index contributed by atoms with van der Waals surface area (Å²) < 4.78 is 5.56. The first-order chi connectivity index (χ1) is 17.0. The molecule has 2 aliphatic rings. The number of alkyl carbamates (subject to hydrolysis) is 1. The van der Waals surface area contributed by atoms with Crippen LogP contribution in [0.1, 0.15) is 23.5 Å². The van der Waals surface area contributed by atoms with Crippen LogP contribution < -0.4 is 10.2 Å². The molecule has 0 heterocycles. The fourth-order valence-electron chi connectivity index (χ4n) is 4.88. The smallest absolute Gasteiger partial charge is 0.407 e. The lowest BCUT2D eigenvalue weighted by Gasteiger charge is -2.21. The van der Waals surface area contributed by atoms with E-state index in [1.807, 2.05) is 30.3 Å². The molecule has 7 heteroatoms. The van der Waals surface area contributed by atoms with Crippen molar-refractivity contribution >= 4 is 23.7 Å². The van der Waals surface area contributed by atoms with Crippen molar-refractivity contribution in [1.29, 1.82) is 0 Å². The zero-order valence-electron chi connectivity index (χ0n) is 19.1. The van der Waals surface area contributed by atoms with Crippen LogP contribution in [-0.2, 0) is 14.3 Å². The first-order valence-electron chi connectivity index (χ1n) is 11.7. The summed E-state index contributed by atoms with van der Waals surface area (Å²) in [5.41, 5.74) is 5.18. The number of nitrogens with one attached hydrogen (secondary N) is 1. The third-order valence-corrected chi connectivity index (χ3v) is 6.72. The highest BCUT2D eigenvalue weighted by Crippen LogP contribution is 2.44. The SMILES string of the molecule is O=C(O)CN(C(=O)[C@H]1C[C@H]1CNC(=O)OCC1c2ccccc2-c2ccccc21)c1ccccc1. The summed E-state index contributed by atoms with van der Waals surface area (Å²) in [6, 6.07) is 25.1. The molecule has 0 radical (unpaired) electrons. The quantitative estimate of drug-likeness (QED) is 0.512. The van der Waals surface area contributed by atoms with Gasteiger partial charge in [-0.2, -0.15) is 0 Å². The first-order valence-corrected chi connectivity index (χ1v) is 11.7. The molecule has 5 rings (SSSR count). The van der Waals surface area contributed by atoms with Crippen molar-refractivity contribution in [2.45, 2.75) is 12.3 Å². The number of nitrogens with zero attached hydrogens (tertiary/aromatic N) is 1. The third-order valence-electron chi connectivity index (χ3n) is 6.72. The van der Waals surface area contributed by atoms with E-state index in [2.05, 4.69) is 29.6 Å². The lowest BCUT2D eigenvalue weighted by molar-refractivity contribution is -0.136. The van der Waals surface area contributed by atoms with Gasteiger partial charge in [0.05, 0.1) is 0 Å². The maximum atomic E-state index is 12.9. The second-order valence-electron chi connectivity index (χ2n) is 8.96. The van der Waals surface area contributed by atoms with Gasteiger partial charge in [0.1, 0.15) is 13.2 Å². The van der Waals surface area contributed by atoms with E-state index in [9.17, 15) is 19.5 Å². The van der Waals surface area contributed by atoms with Crippen molar-refractivity contribution in [3.8, 4) is 11.1 Å². The number of carboxylic acids is 1. The molecule has 0 saturated heterocycles. The molecule has 3 aromatic rings. The maximum Gasteiger partial charge on any atom is 0.407 e. The molecule has 0 spiro atoms. The molecular weight excluding hydrogens is 444 g/mol. The average molecular weight is 471 g/mol. The number of aliphatic carboxylic acids is 1. The number of para-hydroxylation sites is 1. The summed E-state index contributed by atoms with van der Waals surface area (Å²) in [7, 11) is 0. The van der Waals surface area contributed by atoms with E-state index in [0.29, 0.717) is 18.7 Å². The number of carbonyl (C=O) groups is 3. The molecule has 35 heavy (non-hydrogen) atoms. The number of fused-ring (bicyclic) bond motifs is 3. The van der Waals surface area contributed by atoms with E-state index in [-0.39, 0.29) is 30.3 Å². The number of ether oxygens (including phenoxy) is 1. The van der Waals surface area contributed by atoms with Crippen LogP contribution in [0.4, 0.5) is 10.5 Å². The minimum Gasteiger partial charge on any atom is -0.480 e. The molecule has 0 aliphatic heterocycles. The fourth-order valence-corrected chi connectivity index (χ4v) is 4.88. The van der Waals surface area contributed by atoms with Gasteiger partial charge in [-0.3, -0.25) is 9.59 Å². The Balaban J connectivity index is 1.14. The highest BCUT2D eigenvalue weighted by Gasteiger charge is 2.45. The van der Waals surface area contributed by atoms with E-state index < -0.39 is 18.6 Å². The van der Waals surface area contributed by atoms with Gasteiger partial charge in [-0.25, -0.2) is 4.79 Å². The lowest BCUT2D eigenvalue weighted by atomic mass is 9.98. The van der Waals surface area contributed by atoms with Crippen molar-refractivity contribution < 1.29 is 24.2 Å². The van der Waals surface area contributed by atoms with Crippen LogP contribution in [-0.4, -0.2) is 42.8 Å². The molecule has 2 aliphatic carbocycles. The minimum atomic E-state index is -1.07. The molecule has 178 valence electrons. The van der Waals surface area contributed by atoms with Crippen molar-refractivity contribution in [1.82, 2.24) is 5.32 Å². The molecule has 1 fully saturated rings. The van der Waals surface area contributed by atoms with Crippen molar-refractivity contribution in [3.63, 3.8) is 0 Å². The molecule has 3 aromatic carbocycles. The van der Waals surface area contributed by atoms with Crippen LogP contribution in [0.15, 0.2) is 78.9 Å². The molecular formula is C28H26N2O5. The maximum absolute atomic E-state index is 12.9. The number of amides is 2. The molecule has 0 unspecified atom stereocenters. The van der Waals surface area contributed by atoms with Gasteiger partial charge in [0.15, 0.2) is 0 Å². The largest absolute Gasteiger partial charge is 0.480 e. The van der Waals surface area contributed by atoms with Gasteiger partial charge in [-0.15, -0.1) is 0 Å². The summed E-state index contributed by atoms with van der Waals surface area (Å²) in [6.45, 7) is 0.141. The zero-order chi connectivity index (χ0) is 24.4. The van der Waals surface area contributed by atoms with Gasteiger partial charge < -0.3 is 20.1 Å². The predicted molar refractivity (Wildman–Crippen MR) is 131 cm³/mol. The normalized spacial score (nSPS) is 17.7. The second-order valence-corrected chi connectivity index (χ2v) is 8.96. The summed E-state index contributed by atoms with van der Waals surface area (Å²) in [5.74, 6) is -1.68. The standard InChI is InChI=1S/C28H26N2O5/c31-26(32)16-30(19-8-2-1-3-9-19)27(33)24-14-18(24)15-29-28(34)35-17-25-22-12-6-4-10-20(22)21-11-5-7-13-23(21)25/h1-13,18,24-25H,14-17H2,(H,29,34)(H,31,32)/t18-,24-/m0/s1. The number of carboxylic acid groups (broad SMARTS) is 1. The van der Waals surface area contributed by atoms with Gasteiger partial charge in [0.25, 0.3) is 0 Å². The summed E-state index contributed by atoms with van der Waals surface area (Å²) in [4.78, 5) is 38.0. The number of anilines is 1. The van der Waals surface area contributed by atoms with Gasteiger partial charge in [0, 0.05) is 24.1 Å². The number of benzene rings is 3. The third kappa shape index (κ3) is 4.75. The molecule has 0 bridgehead atoms. The number of hydrogen-bond donors (Lipinski definition) is 2. The Kier molecular flexibility index (Phi) is 6.23. The van der Waals surface area contributed by atoms with E-state index in [1.54, 1.807) is 24.3 Å². The van der Waals surface area contributed by atoms with Crippen LogP contribution in [0.2, 0.25) is 0 Å². The highest BCUT2D eigenvalue weighted by molar-refractivity contribution is 6.00. The number of hydrogen-bond acceptors (Lipinski definition) is 4. The molecule has 2 N–H and O–H groups in total. The van der Waals surface area contributed by atoms with Gasteiger partial charge in [0.2, 0.25) is 5.91 Å². The van der Waals surface area contributed by atoms with Gasteiger partial charge in [-0.05, 0) is 46.7 Å². The van der Waals surface area contributed by atoms with Crippen LogP contribution >= 0.6 is 0 Å². The molecule has 2 atom stereocenters. The number of carbonyl (C=O) groups excluding carboxylic acids is 2. The summed E-state index contributed by atoms with van der Waals surface area (Å²) >= 11 is 0. The van der Waals surface area contributed by atoms with Gasteiger partial charge >= 0.3 is 12.1 Å². The van der Waals surface area contributed by atoms with Crippen LogP contribution in [0.25, 0.3) is 11.1 Å². The van der Waals surface area contributed by atoms with Crippen molar-refractivity contribution in [3.05, 3.63) is 90.0 Å². The summed E-state index contributed by atoms with van der Waals surface area (Å²) in [6.07, 6.45) is 0.0845. The van der Waals surface area contributed by atoms with Crippen LogP contribution in [0.3, 0.4) is 0 Å². The minimum absolute atomic E-state index is 0.0150. The fraction of sp³-hybridized carbons (Fsp3) is 0.250. The monoisotopic (exact) mass is 470 g/mol. The first kappa shape index (κ1) is 22.7. The van der Waals surface area contributed by atoms with E-state index >= 15 is 0 Å². The average Bonchev–Trinajstić information content (AvgIpc) is 3.59. The Hall–Kier alpha value is -4.13. The Morgan fingerprint density at radius 1 is 0.886 bits per heavy atom. The second kappa shape index (κ2) is 9.62. The Morgan fingerprint density at radius 3 is 2.11 bits per heavy atom. The molecule has 2 amide bonds. The topological polar surface area (TPSA) is 95.9 Å². The Labute approximate surface area is 203 Å². The predicted octanol–water partition coefficient (Wildman–Crippen LogP) is 4.28. The zero-order valence-corrected chi connectivity index (χ0v) is 19.1. The van der Waals surface area contributed by atoms with Crippen molar-refractivity contribution in [2.75, 3.05) is 24.6 Å². The molecule has 7 nitrogen and oxygen atoms in total. The van der Waals surface area contributed by atoms with E-state index in [0.717, 1.165) is 11.1 Å². The van der Waals surface area contributed by atoms with Gasteiger partial charge in [-0.1, -0.05) is 66.7 Å².